The molecule has 0 radical (unpaired) electrons. The molecule has 2 aliphatic heterocycles. The van der Waals surface area contributed by atoms with Crippen molar-refractivity contribution in [1.29, 1.82) is 0 Å². The largest absolute Gasteiger partial charge is 0.365 e. The first-order chi connectivity index (χ1) is 8.30. The first kappa shape index (κ1) is 13.0. The number of anilines is 1. The molecule has 2 saturated heterocycles. The van der Waals surface area contributed by atoms with Gasteiger partial charge in [-0.15, -0.1) is 0 Å². The van der Waals surface area contributed by atoms with Crippen molar-refractivity contribution in [2.24, 2.45) is 0 Å². The number of piperidine rings is 1. The minimum atomic E-state index is 0. The smallest absolute Gasteiger partial charge is 0.113 e. The van der Waals surface area contributed by atoms with E-state index in [1.165, 1.54) is 5.69 Å². The first-order valence-electron chi connectivity index (χ1n) is 6.30. The number of para-hydroxylation sites is 1. The number of benzene rings is 1. The Labute approximate surface area is 110 Å². The summed E-state index contributed by atoms with van der Waals surface area (Å²) < 4.78 is 0. The standard InChI is InChI=1S/C14H19N3.CH4/c1-12-11-17(13-5-3-2-4-6-13)14(16-12)7-9-15-10-8-14;/h2-6,15-16H,1,7-11H2;1H4. The molecule has 2 heterocycles. The molecule has 1 aromatic rings. The quantitative estimate of drug-likeness (QED) is 0.795. The van der Waals surface area contributed by atoms with Crippen LogP contribution >= 0.6 is 0 Å². The summed E-state index contributed by atoms with van der Waals surface area (Å²) in [5.74, 6) is 0. The fourth-order valence-electron chi connectivity index (χ4n) is 2.96. The van der Waals surface area contributed by atoms with Gasteiger partial charge in [-0.05, 0) is 25.2 Å². The van der Waals surface area contributed by atoms with E-state index >= 15 is 0 Å². The lowest BCUT2D eigenvalue weighted by Gasteiger charge is -2.42. The summed E-state index contributed by atoms with van der Waals surface area (Å²) in [7, 11) is 0. The number of rotatable bonds is 1. The van der Waals surface area contributed by atoms with Crippen LogP contribution in [0.4, 0.5) is 5.69 Å². The maximum atomic E-state index is 4.11. The average Bonchev–Trinajstić information content (AvgIpc) is 2.68. The van der Waals surface area contributed by atoms with Gasteiger partial charge in [0.05, 0.1) is 6.54 Å². The van der Waals surface area contributed by atoms with Crippen LogP contribution in [0.15, 0.2) is 42.6 Å². The van der Waals surface area contributed by atoms with Gasteiger partial charge in [-0.25, -0.2) is 0 Å². The van der Waals surface area contributed by atoms with Crippen LogP contribution in [-0.4, -0.2) is 25.3 Å². The molecule has 0 aliphatic carbocycles. The average molecular weight is 245 g/mol. The lowest BCUT2D eigenvalue weighted by Crippen LogP contribution is -2.57. The summed E-state index contributed by atoms with van der Waals surface area (Å²) >= 11 is 0. The molecular formula is C15H23N3. The van der Waals surface area contributed by atoms with Gasteiger partial charge in [0.1, 0.15) is 5.66 Å². The normalized spacial score (nSPS) is 21.6. The lowest BCUT2D eigenvalue weighted by molar-refractivity contribution is 0.285. The summed E-state index contributed by atoms with van der Waals surface area (Å²) in [6, 6.07) is 10.6. The van der Waals surface area contributed by atoms with Crippen LogP contribution in [0.2, 0.25) is 0 Å². The maximum Gasteiger partial charge on any atom is 0.113 e. The van der Waals surface area contributed by atoms with E-state index in [2.05, 4.69) is 52.4 Å². The lowest BCUT2D eigenvalue weighted by atomic mass is 9.97. The monoisotopic (exact) mass is 245 g/mol. The van der Waals surface area contributed by atoms with Gasteiger partial charge in [0.25, 0.3) is 0 Å². The van der Waals surface area contributed by atoms with Crippen LogP contribution in [0.25, 0.3) is 0 Å². The van der Waals surface area contributed by atoms with Gasteiger partial charge < -0.3 is 15.5 Å². The zero-order valence-electron chi connectivity index (χ0n) is 10.1. The van der Waals surface area contributed by atoms with Crippen molar-refractivity contribution >= 4 is 5.69 Å². The molecule has 98 valence electrons. The fraction of sp³-hybridized carbons (Fsp3) is 0.467. The molecular weight excluding hydrogens is 222 g/mol. The topological polar surface area (TPSA) is 27.3 Å². The van der Waals surface area contributed by atoms with Gasteiger partial charge >= 0.3 is 0 Å². The second kappa shape index (κ2) is 5.02. The Morgan fingerprint density at radius 1 is 1.11 bits per heavy atom. The third kappa shape index (κ3) is 2.10. The molecule has 18 heavy (non-hydrogen) atoms. The SMILES string of the molecule is C.C=C1CN(c2ccccc2)C2(CCNCC2)N1. The Balaban J connectivity index is 0.00000120. The van der Waals surface area contributed by atoms with Gasteiger partial charge in [0, 0.05) is 24.2 Å². The molecule has 0 saturated carbocycles. The first-order valence-corrected chi connectivity index (χ1v) is 6.30. The molecule has 1 aromatic carbocycles. The van der Waals surface area contributed by atoms with Crippen molar-refractivity contribution in [1.82, 2.24) is 10.6 Å². The highest BCUT2D eigenvalue weighted by Crippen LogP contribution is 2.34. The van der Waals surface area contributed by atoms with E-state index in [0.717, 1.165) is 38.2 Å². The Bertz CT molecular complexity index is 407. The highest BCUT2D eigenvalue weighted by molar-refractivity contribution is 5.52. The highest BCUT2D eigenvalue weighted by atomic mass is 15.4. The number of nitrogens with zero attached hydrogens (tertiary/aromatic N) is 1. The molecule has 3 heteroatoms. The Kier molecular flexibility index (Phi) is 3.62. The van der Waals surface area contributed by atoms with Gasteiger partial charge in [0.15, 0.2) is 0 Å². The van der Waals surface area contributed by atoms with Crippen molar-refractivity contribution in [3.05, 3.63) is 42.6 Å². The van der Waals surface area contributed by atoms with Gasteiger partial charge in [-0.1, -0.05) is 32.2 Å². The van der Waals surface area contributed by atoms with Crippen LogP contribution in [0.1, 0.15) is 20.3 Å². The third-order valence-electron chi connectivity index (χ3n) is 3.77. The van der Waals surface area contributed by atoms with E-state index in [0.29, 0.717) is 0 Å². The summed E-state index contributed by atoms with van der Waals surface area (Å²) in [6.07, 6.45) is 2.25. The Morgan fingerprint density at radius 3 is 2.44 bits per heavy atom. The van der Waals surface area contributed by atoms with E-state index in [1.54, 1.807) is 0 Å². The second-order valence-corrected chi connectivity index (χ2v) is 4.93. The van der Waals surface area contributed by atoms with Gasteiger partial charge in [0.2, 0.25) is 0 Å². The van der Waals surface area contributed by atoms with E-state index in [4.69, 9.17) is 0 Å². The second-order valence-electron chi connectivity index (χ2n) is 4.93. The molecule has 2 N–H and O–H groups in total. The van der Waals surface area contributed by atoms with Crippen molar-refractivity contribution in [3.63, 3.8) is 0 Å². The molecule has 3 rings (SSSR count). The molecule has 0 amide bonds. The summed E-state index contributed by atoms with van der Waals surface area (Å²) in [6.45, 7) is 7.17. The van der Waals surface area contributed by atoms with E-state index in [1.807, 2.05) is 0 Å². The van der Waals surface area contributed by atoms with Gasteiger partial charge in [-0.3, -0.25) is 0 Å². The van der Waals surface area contributed by atoms with Crippen LogP contribution in [0, 0.1) is 0 Å². The molecule has 3 nitrogen and oxygen atoms in total. The number of nitrogens with one attached hydrogen (secondary N) is 2. The minimum Gasteiger partial charge on any atom is -0.365 e. The molecule has 0 atom stereocenters. The zero-order chi connectivity index (χ0) is 11.7. The van der Waals surface area contributed by atoms with E-state index in [-0.39, 0.29) is 13.1 Å². The van der Waals surface area contributed by atoms with Crippen molar-refractivity contribution < 1.29 is 0 Å². The third-order valence-corrected chi connectivity index (χ3v) is 3.77. The maximum absolute atomic E-state index is 4.11. The molecule has 0 unspecified atom stereocenters. The predicted octanol–water partition coefficient (Wildman–Crippen LogP) is 2.33. The minimum absolute atomic E-state index is 0. The van der Waals surface area contributed by atoms with Crippen LogP contribution in [0.5, 0.6) is 0 Å². The van der Waals surface area contributed by atoms with Crippen molar-refractivity contribution in [2.45, 2.75) is 25.9 Å². The molecule has 2 aliphatic rings. The molecule has 1 spiro atoms. The van der Waals surface area contributed by atoms with Gasteiger partial charge in [-0.2, -0.15) is 0 Å². The Morgan fingerprint density at radius 2 is 1.78 bits per heavy atom. The summed E-state index contributed by atoms with van der Waals surface area (Å²) in [5.41, 5.74) is 2.51. The van der Waals surface area contributed by atoms with Crippen molar-refractivity contribution in [2.75, 3.05) is 24.5 Å². The molecule has 2 fully saturated rings. The van der Waals surface area contributed by atoms with E-state index in [9.17, 15) is 0 Å². The molecule has 0 aromatic heterocycles. The fourth-order valence-corrected chi connectivity index (χ4v) is 2.96. The van der Waals surface area contributed by atoms with Crippen molar-refractivity contribution in [3.8, 4) is 0 Å². The summed E-state index contributed by atoms with van der Waals surface area (Å²) in [4.78, 5) is 2.47. The summed E-state index contributed by atoms with van der Waals surface area (Å²) in [5, 5.41) is 7.04. The Hall–Kier alpha value is -1.48. The number of hydrogen-bond donors (Lipinski definition) is 2. The number of hydrogen-bond acceptors (Lipinski definition) is 3. The van der Waals surface area contributed by atoms with Crippen LogP contribution in [0.3, 0.4) is 0 Å². The highest BCUT2D eigenvalue weighted by Gasteiger charge is 2.42. The molecule has 0 bridgehead atoms. The predicted molar refractivity (Wildman–Crippen MR) is 77.6 cm³/mol. The van der Waals surface area contributed by atoms with Crippen LogP contribution in [-0.2, 0) is 0 Å². The van der Waals surface area contributed by atoms with E-state index < -0.39 is 0 Å². The zero-order valence-corrected chi connectivity index (χ0v) is 10.1. The van der Waals surface area contributed by atoms with Crippen LogP contribution < -0.4 is 15.5 Å².